The van der Waals surface area contributed by atoms with E-state index in [0.717, 1.165) is 4.90 Å². The predicted molar refractivity (Wildman–Crippen MR) is 69.2 cm³/mol. The number of benzene rings is 1. The van der Waals surface area contributed by atoms with Crippen molar-refractivity contribution < 1.29 is 14.7 Å². The van der Waals surface area contributed by atoms with Crippen LogP contribution in [-0.2, 0) is 9.59 Å². The van der Waals surface area contributed by atoms with E-state index in [1.807, 2.05) is 31.2 Å². The minimum Gasteiger partial charge on any atom is -0.481 e. The first kappa shape index (κ1) is 15.1. The molecule has 0 fully saturated rings. The Morgan fingerprint density at radius 2 is 1.75 bits per heavy atom. The van der Waals surface area contributed by atoms with Gasteiger partial charge in [-0.1, -0.05) is 17.7 Å². The molecule has 3 nitrogen and oxygen atoms in total. The van der Waals surface area contributed by atoms with E-state index >= 15 is 0 Å². The first-order valence-electron chi connectivity index (χ1n) is 4.52. The van der Waals surface area contributed by atoms with E-state index in [9.17, 15) is 9.59 Å². The molecular formula is C11H14O3S2. The second kappa shape index (κ2) is 8.24. The van der Waals surface area contributed by atoms with Crippen molar-refractivity contribution in [1.82, 2.24) is 0 Å². The highest BCUT2D eigenvalue weighted by molar-refractivity contribution is 8.00. The number of thiol groups is 1. The van der Waals surface area contributed by atoms with E-state index in [-0.39, 0.29) is 10.9 Å². The van der Waals surface area contributed by atoms with Crippen LogP contribution >= 0.6 is 24.4 Å². The summed E-state index contributed by atoms with van der Waals surface area (Å²) in [5.74, 6) is -0.649. The normalized spacial score (nSPS) is 8.94. The fourth-order valence-electron chi connectivity index (χ4n) is 0.780. The van der Waals surface area contributed by atoms with Crippen molar-refractivity contribution in [3.05, 3.63) is 29.8 Å². The van der Waals surface area contributed by atoms with Gasteiger partial charge in [0.25, 0.3) is 0 Å². The monoisotopic (exact) mass is 258 g/mol. The number of aryl methyl sites for hydroxylation is 1. The number of carboxylic acids is 1. The maximum Gasteiger partial charge on any atom is 0.313 e. The summed E-state index contributed by atoms with van der Waals surface area (Å²) in [6.45, 7) is 3.40. The van der Waals surface area contributed by atoms with Gasteiger partial charge in [0.15, 0.2) is 5.12 Å². The van der Waals surface area contributed by atoms with Crippen molar-refractivity contribution in [1.29, 1.82) is 0 Å². The van der Waals surface area contributed by atoms with Crippen LogP contribution in [-0.4, -0.2) is 21.9 Å². The minimum atomic E-state index is -0.777. The van der Waals surface area contributed by atoms with Crippen molar-refractivity contribution >= 4 is 35.5 Å². The Labute approximate surface area is 105 Å². The molecule has 0 atom stereocenters. The number of carboxylic acid groups (broad SMARTS) is 1. The van der Waals surface area contributed by atoms with Crippen LogP contribution in [0.2, 0.25) is 0 Å². The molecular weight excluding hydrogens is 244 g/mol. The topological polar surface area (TPSA) is 54.4 Å². The van der Waals surface area contributed by atoms with Gasteiger partial charge in [-0.05, 0) is 19.1 Å². The molecule has 1 aromatic carbocycles. The molecule has 0 bridgehead atoms. The lowest BCUT2D eigenvalue weighted by atomic mass is 10.2. The number of rotatable bonds is 3. The van der Waals surface area contributed by atoms with Crippen LogP contribution in [0.25, 0.3) is 0 Å². The van der Waals surface area contributed by atoms with Crippen molar-refractivity contribution in [2.24, 2.45) is 0 Å². The maximum absolute atomic E-state index is 10.2. The average molecular weight is 258 g/mol. The highest BCUT2D eigenvalue weighted by Crippen LogP contribution is 2.17. The summed E-state index contributed by atoms with van der Waals surface area (Å²) in [6.07, 6.45) is 0. The van der Waals surface area contributed by atoms with Gasteiger partial charge in [-0.15, -0.1) is 24.4 Å². The summed E-state index contributed by atoms with van der Waals surface area (Å²) in [6, 6.07) is 7.82. The molecule has 0 aromatic heterocycles. The van der Waals surface area contributed by atoms with Crippen LogP contribution in [0.3, 0.4) is 0 Å². The molecule has 0 amide bonds. The molecule has 1 rings (SSSR count). The summed E-state index contributed by atoms with van der Waals surface area (Å²) in [7, 11) is 0. The first-order valence-corrected chi connectivity index (χ1v) is 5.96. The van der Waals surface area contributed by atoms with E-state index in [0.29, 0.717) is 0 Å². The van der Waals surface area contributed by atoms with Gasteiger partial charge in [-0.3, -0.25) is 9.59 Å². The standard InChI is InChI=1S/C9H10O2S.C2H4OS/c1-7-2-4-8(5-3-7)12-6-9(10)11;1-2(3)4/h2-5H,6H2,1H3,(H,10,11);1H3,(H,3,4). The number of hydrogen-bond donors (Lipinski definition) is 2. The maximum atomic E-state index is 10.2. The molecule has 5 heteroatoms. The quantitative estimate of drug-likeness (QED) is 0.646. The number of hydrogen-bond acceptors (Lipinski definition) is 3. The van der Waals surface area contributed by atoms with E-state index in [1.54, 1.807) is 0 Å². The molecule has 0 heterocycles. The number of carbonyl (C=O) groups excluding carboxylic acids is 1. The zero-order chi connectivity index (χ0) is 12.6. The third kappa shape index (κ3) is 9.61. The van der Waals surface area contributed by atoms with Crippen molar-refractivity contribution in [2.75, 3.05) is 5.75 Å². The second-order valence-corrected chi connectivity index (χ2v) is 4.69. The van der Waals surface area contributed by atoms with Crippen LogP contribution in [0.5, 0.6) is 0 Å². The van der Waals surface area contributed by atoms with Crippen LogP contribution in [0, 0.1) is 6.92 Å². The Morgan fingerprint density at radius 3 is 2.12 bits per heavy atom. The smallest absolute Gasteiger partial charge is 0.313 e. The second-order valence-electron chi connectivity index (χ2n) is 3.01. The lowest BCUT2D eigenvalue weighted by Gasteiger charge is -1.97. The van der Waals surface area contributed by atoms with Gasteiger partial charge in [0.1, 0.15) is 0 Å². The third-order valence-corrected chi connectivity index (χ3v) is 2.38. The lowest BCUT2D eigenvalue weighted by Crippen LogP contribution is -1.97. The van der Waals surface area contributed by atoms with Crippen LogP contribution in [0.4, 0.5) is 0 Å². The summed E-state index contributed by atoms with van der Waals surface area (Å²) >= 11 is 4.66. The third-order valence-electron chi connectivity index (χ3n) is 1.38. The Balaban J connectivity index is 0.000000487. The molecule has 0 saturated heterocycles. The van der Waals surface area contributed by atoms with Gasteiger partial charge in [-0.2, -0.15) is 0 Å². The molecule has 1 N–H and O–H groups in total. The first-order chi connectivity index (χ1) is 7.41. The molecule has 0 spiro atoms. The predicted octanol–water partition coefficient (Wildman–Crippen LogP) is 2.63. The van der Waals surface area contributed by atoms with Crippen molar-refractivity contribution in [3.63, 3.8) is 0 Å². The summed E-state index contributed by atoms with van der Waals surface area (Å²) in [5, 5.41) is 8.27. The fourth-order valence-corrected chi connectivity index (χ4v) is 1.40. The van der Waals surface area contributed by atoms with E-state index in [4.69, 9.17) is 5.11 Å². The fraction of sp³-hybridized carbons (Fsp3) is 0.273. The van der Waals surface area contributed by atoms with Crippen LogP contribution in [0.15, 0.2) is 29.2 Å². The lowest BCUT2D eigenvalue weighted by molar-refractivity contribution is -0.133. The van der Waals surface area contributed by atoms with Gasteiger partial charge in [-0.25, -0.2) is 0 Å². The Hall–Kier alpha value is -0.940. The molecule has 1 aromatic rings. The van der Waals surface area contributed by atoms with Gasteiger partial charge in [0, 0.05) is 11.8 Å². The minimum absolute atomic E-state index is 0.128. The largest absolute Gasteiger partial charge is 0.481 e. The number of carbonyl (C=O) groups is 2. The van der Waals surface area contributed by atoms with Crippen molar-refractivity contribution in [3.8, 4) is 0 Å². The average Bonchev–Trinajstić information content (AvgIpc) is 2.16. The molecule has 0 unspecified atom stereocenters. The van der Waals surface area contributed by atoms with E-state index < -0.39 is 5.97 Å². The molecule has 0 aliphatic rings. The molecule has 0 aliphatic carbocycles. The molecule has 88 valence electrons. The van der Waals surface area contributed by atoms with Crippen LogP contribution in [0.1, 0.15) is 12.5 Å². The number of thioether (sulfide) groups is 1. The number of aliphatic carboxylic acids is 1. The SMILES string of the molecule is CC(=O)S.Cc1ccc(SCC(=O)O)cc1. The Bertz CT molecular complexity index is 343. The Morgan fingerprint density at radius 1 is 1.31 bits per heavy atom. The summed E-state index contributed by atoms with van der Waals surface area (Å²) in [5.41, 5.74) is 1.19. The van der Waals surface area contributed by atoms with Gasteiger partial charge in [0.05, 0.1) is 5.75 Å². The molecule has 16 heavy (non-hydrogen) atoms. The van der Waals surface area contributed by atoms with Gasteiger partial charge >= 0.3 is 5.97 Å². The van der Waals surface area contributed by atoms with Gasteiger partial charge in [0.2, 0.25) is 0 Å². The molecule has 0 radical (unpaired) electrons. The summed E-state index contributed by atoms with van der Waals surface area (Å²) in [4.78, 5) is 20.5. The van der Waals surface area contributed by atoms with E-state index in [2.05, 4.69) is 12.6 Å². The van der Waals surface area contributed by atoms with Crippen LogP contribution < -0.4 is 0 Å². The summed E-state index contributed by atoms with van der Waals surface area (Å²) < 4.78 is 0. The molecule has 0 saturated carbocycles. The van der Waals surface area contributed by atoms with Crippen molar-refractivity contribution in [2.45, 2.75) is 18.7 Å². The highest BCUT2D eigenvalue weighted by Gasteiger charge is 1.98. The van der Waals surface area contributed by atoms with E-state index in [1.165, 1.54) is 24.2 Å². The molecule has 0 aliphatic heterocycles. The highest BCUT2D eigenvalue weighted by atomic mass is 32.2. The zero-order valence-electron chi connectivity index (χ0n) is 9.14. The Kier molecular flexibility index (Phi) is 7.76. The zero-order valence-corrected chi connectivity index (χ0v) is 10.8. The van der Waals surface area contributed by atoms with Gasteiger partial charge < -0.3 is 5.11 Å².